The highest BCUT2D eigenvalue weighted by molar-refractivity contribution is 5.98. The van der Waals surface area contributed by atoms with Gasteiger partial charge in [0.25, 0.3) is 0 Å². The molecule has 5 aromatic rings. The zero-order chi connectivity index (χ0) is 22.0. The standard InChI is InChI=1S/C28H23N5/c1-2-4-21(5-3-1)24-14-25-26(12-13-30-27(25)23-17-31-32-18-23)33-28(24)22-10-8-20(9-11-22)16-29-15-19-6-7-19/h1-5,8-15,17-19H,6-7,16H2,(H,31,32). The molecule has 5 nitrogen and oxygen atoms in total. The molecule has 2 aromatic carbocycles. The normalized spacial score (nSPS) is 13.7. The molecule has 0 atom stereocenters. The number of benzene rings is 2. The molecule has 0 spiro atoms. The van der Waals surface area contributed by atoms with Crippen molar-refractivity contribution >= 4 is 17.1 Å². The fourth-order valence-electron chi connectivity index (χ4n) is 4.08. The van der Waals surface area contributed by atoms with Crippen molar-refractivity contribution in [1.29, 1.82) is 0 Å². The van der Waals surface area contributed by atoms with Crippen molar-refractivity contribution in [3.05, 3.63) is 90.9 Å². The van der Waals surface area contributed by atoms with Crippen molar-refractivity contribution in [1.82, 2.24) is 20.2 Å². The van der Waals surface area contributed by atoms with Gasteiger partial charge in [-0.3, -0.25) is 15.1 Å². The molecule has 1 saturated carbocycles. The average Bonchev–Trinajstić information content (AvgIpc) is 3.53. The molecule has 1 N–H and O–H groups in total. The topological polar surface area (TPSA) is 66.8 Å². The van der Waals surface area contributed by atoms with Gasteiger partial charge < -0.3 is 0 Å². The number of hydrogen-bond donors (Lipinski definition) is 1. The molecule has 33 heavy (non-hydrogen) atoms. The van der Waals surface area contributed by atoms with Gasteiger partial charge in [0.2, 0.25) is 0 Å². The summed E-state index contributed by atoms with van der Waals surface area (Å²) in [5.74, 6) is 0.709. The van der Waals surface area contributed by atoms with Gasteiger partial charge >= 0.3 is 0 Å². The minimum atomic E-state index is 0.709. The van der Waals surface area contributed by atoms with E-state index in [1.807, 2.05) is 24.5 Å². The van der Waals surface area contributed by atoms with Gasteiger partial charge in [0, 0.05) is 40.7 Å². The van der Waals surface area contributed by atoms with E-state index in [9.17, 15) is 0 Å². The average molecular weight is 430 g/mol. The number of rotatable bonds is 6. The Bertz CT molecular complexity index is 1420. The Kier molecular flexibility index (Phi) is 5.00. The van der Waals surface area contributed by atoms with Crippen molar-refractivity contribution in [3.8, 4) is 33.6 Å². The third-order valence-corrected chi connectivity index (χ3v) is 6.04. The molecule has 0 unspecified atom stereocenters. The maximum absolute atomic E-state index is 5.12. The van der Waals surface area contributed by atoms with E-state index in [-0.39, 0.29) is 0 Å². The molecule has 3 heterocycles. The monoisotopic (exact) mass is 429 g/mol. The van der Waals surface area contributed by atoms with Gasteiger partial charge in [-0.05, 0) is 42.0 Å². The van der Waals surface area contributed by atoms with Crippen LogP contribution < -0.4 is 0 Å². The lowest BCUT2D eigenvalue weighted by atomic mass is 9.96. The molecule has 0 aliphatic heterocycles. The lowest BCUT2D eigenvalue weighted by Gasteiger charge is -2.13. The first-order chi connectivity index (χ1) is 16.3. The fraction of sp³-hybridized carbons (Fsp3) is 0.143. The Labute approximate surface area is 192 Å². The highest BCUT2D eigenvalue weighted by Crippen LogP contribution is 2.36. The van der Waals surface area contributed by atoms with E-state index in [0.717, 1.165) is 51.1 Å². The first-order valence-corrected chi connectivity index (χ1v) is 11.3. The van der Waals surface area contributed by atoms with E-state index in [1.54, 1.807) is 6.20 Å². The zero-order valence-corrected chi connectivity index (χ0v) is 18.1. The third-order valence-electron chi connectivity index (χ3n) is 6.04. The van der Waals surface area contributed by atoms with Crippen LogP contribution in [0.5, 0.6) is 0 Å². The molecule has 0 amide bonds. The number of nitrogens with zero attached hydrogens (tertiary/aromatic N) is 4. The molecule has 3 aromatic heterocycles. The molecule has 1 aliphatic carbocycles. The largest absolute Gasteiger partial charge is 0.292 e. The first kappa shape index (κ1) is 19.6. The molecular weight excluding hydrogens is 406 g/mol. The van der Waals surface area contributed by atoms with Gasteiger partial charge in [0.15, 0.2) is 0 Å². The summed E-state index contributed by atoms with van der Waals surface area (Å²) in [6.45, 7) is 0.729. The molecule has 0 bridgehead atoms. The minimum Gasteiger partial charge on any atom is -0.292 e. The number of nitrogens with one attached hydrogen (secondary N) is 1. The quantitative estimate of drug-likeness (QED) is 0.321. The predicted molar refractivity (Wildman–Crippen MR) is 133 cm³/mol. The Hall–Kier alpha value is -4.12. The van der Waals surface area contributed by atoms with Crippen LogP contribution in [-0.2, 0) is 6.54 Å². The Morgan fingerprint density at radius 1 is 0.909 bits per heavy atom. The van der Waals surface area contributed by atoms with Gasteiger partial charge in [0.1, 0.15) is 0 Å². The summed E-state index contributed by atoms with van der Waals surface area (Å²) in [5.41, 5.74) is 8.21. The number of H-pyrrole nitrogens is 1. The molecule has 160 valence electrons. The number of pyridine rings is 2. The Morgan fingerprint density at radius 3 is 2.52 bits per heavy atom. The smallest absolute Gasteiger partial charge is 0.0827 e. The van der Waals surface area contributed by atoms with Crippen LogP contribution >= 0.6 is 0 Å². The maximum atomic E-state index is 5.12. The van der Waals surface area contributed by atoms with E-state index in [0.29, 0.717) is 5.92 Å². The van der Waals surface area contributed by atoms with Gasteiger partial charge in [-0.2, -0.15) is 5.10 Å². The molecule has 5 heteroatoms. The number of hydrogen-bond acceptors (Lipinski definition) is 4. The second kappa shape index (κ2) is 8.43. The number of aromatic amines is 1. The minimum absolute atomic E-state index is 0.709. The molecule has 1 aliphatic rings. The number of fused-ring (bicyclic) bond motifs is 1. The lowest BCUT2D eigenvalue weighted by Crippen LogP contribution is -1.94. The highest BCUT2D eigenvalue weighted by atomic mass is 15.1. The van der Waals surface area contributed by atoms with Crippen molar-refractivity contribution in [2.75, 3.05) is 0 Å². The van der Waals surface area contributed by atoms with E-state index < -0.39 is 0 Å². The number of aromatic nitrogens is 4. The van der Waals surface area contributed by atoms with Gasteiger partial charge in [0.05, 0.1) is 29.6 Å². The summed E-state index contributed by atoms with van der Waals surface area (Å²) in [6.07, 6.45) is 10.2. The molecule has 0 saturated heterocycles. The van der Waals surface area contributed by atoms with Crippen molar-refractivity contribution in [3.63, 3.8) is 0 Å². The van der Waals surface area contributed by atoms with Gasteiger partial charge in [-0.25, -0.2) is 4.98 Å². The van der Waals surface area contributed by atoms with Crippen molar-refractivity contribution < 1.29 is 0 Å². The molecule has 0 radical (unpaired) electrons. The zero-order valence-electron chi connectivity index (χ0n) is 18.1. The lowest BCUT2D eigenvalue weighted by molar-refractivity contribution is 1.05. The van der Waals surface area contributed by atoms with Crippen LogP contribution in [0.4, 0.5) is 0 Å². The second-order valence-corrected chi connectivity index (χ2v) is 8.49. The summed E-state index contributed by atoms with van der Waals surface area (Å²) >= 11 is 0. The van der Waals surface area contributed by atoms with Crippen molar-refractivity contribution in [2.24, 2.45) is 10.9 Å². The Balaban J connectivity index is 1.46. The predicted octanol–water partition coefficient (Wildman–Crippen LogP) is 6.33. The summed E-state index contributed by atoms with van der Waals surface area (Å²) in [7, 11) is 0. The van der Waals surface area contributed by atoms with Crippen LogP contribution in [0.1, 0.15) is 18.4 Å². The van der Waals surface area contributed by atoms with E-state index in [1.165, 1.54) is 18.4 Å². The van der Waals surface area contributed by atoms with Crippen molar-refractivity contribution in [2.45, 2.75) is 19.4 Å². The van der Waals surface area contributed by atoms with E-state index in [4.69, 9.17) is 4.98 Å². The highest BCUT2D eigenvalue weighted by Gasteiger charge is 2.18. The molecule has 1 fully saturated rings. The van der Waals surface area contributed by atoms with Crippen LogP contribution in [0.25, 0.3) is 44.5 Å². The van der Waals surface area contributed by atoms with E-state index >= 15 is 0 Å². The maximum Gasteiger partial charge on any atom is 0.0827 e. The van der Waals surface area contributed by atoms with E-state index in [2.05, 4.69) is 81.0 Å². The first-order valence-electron chi connectivity index (χ1n) is 11.3. The summed E-state index contributed by atoms with van der Waals surface area (Å²) in [5, 5.41) is 7.99. The van der Waals surface area contributed by atoms with Crippen LogP contribution in [0, 0.1) is 5.92 Å². The van der Waals surface area contributed by atoms with Gasteiger partial charge in [-0.15, -0.1) is 0 Å². The van der Waals surface area contributed by atoms with Crippen LogP contribution in [0.3, 0.4) is 0 Å². The van der Waals surface area contributed by atoms with Gasteiger partial charge in [-0.1, -0.05) is 54.6 Å². The summed E-state index contributed by atoms with van der Waals surface area (Å²) < 4.78 is 0. The summed E-state index contributed by atoms with van der Waals surface area (Å²) in [6, 6.07) is 23.2. The van der Waals surface area contributed by atoms with Crippen LogP contribution in [-0.4, -0.2) is 26.4 Å². The second-order valence-electron chi connectivity index (χ2n) is 8.49. The molecule has 6 rings (SSSR count). The summed E-state index contributed by atoms with van der Waals surface area (Å²) in [4.78, 5) is 14.3. The Morgan fingerprint density at radius 2 is 1.76 bits per heavy atom. The SMILES string of the molecule is C(=NCc1ccc(-c2nc3ccnc(-c4cn[nH]c4)c3cc2-c2ccccc2)cc1)C1CC1. The van der Waals surface area contributed by atoms with Crippen LogP contribution in [0.15, 0.2) is 90.3 Å². The fourth-order valence-corrected chi connectivity index (χ4v) is 4.08. The number of aliphatic imine (C=N–C) groups is 1. The van der Waals surface area contributed by atoms with Crippen LogP contribution in [0.2, 0.25) is 0 Å². The third kappa shape index (κ3) is 4.05. The molecular formula is C28H23N5.